The summed E-state index contributed by atoms with van der Waals surface area (Å²) in [6.07, 6.45) is -4.83. The van der Waals surface area contributed by atoms with Crippen LogP contribution >= 0.6 is 11.8 Å². The number of carbonyl (C=O) groups excluding carboxylic acids is 3. The Balaban J connectivity index is 1.52. The van der Waals surface area contributed by atoms with Crippen molar-refractivity contribution in [1.82, 2.24) is 15.1 Å². The summed E-state index contributed by atoms with van der Waals surface area (Å²) in [5.41, 5.74) is 3.86. The molecule has 7 rings (SSSR count). The number of likely N-dealkylation sites (N-methyl/N-ethyl adjacent to an activating group) is 1. The van der Waals surface area contributed by atoms with Gasteiger partial charge in [0.1, 0.15) is 24.4 Å². The van der Waals surface area contributed by atoms with Crippen LogP contribution in [-0.4, -0.2) is 105 Å². The number of nitriles is 1. The predicted molar refractivity (Wildman–Crippen MR) is 179 cm³/mol. The zero-order valence-corrected chi connectivity index (χ0v) is 30.4. The van der Waals surface area contributed by atoms with Crippen LogP contribution < -0.4 is 29.0 Å². The van der Waals surface area contributed by atoms with Crippen LogP contribution in [0.4, 0.5) is 13.2 Å². The number of esters is 2. The third-order valence-electron chi connectivity index (χ3n) is 10.5. The summed E-state index contributed by atoms with van der Waals surface area (Å²) in [5.74, 6) is -2.68. The summed E-state index contributed by atoms with van der Waals surface area (Å²) in [7, 11) is 4.92. The molecule has 18 heteroatoms. The van der Waals surface area contributed by atoms with Gasteiger partial charge in [-0.1, -0.05) is 6.07 Å². The van der Waals surface area contributed by atoms with Crippen LogP contribution in [0, 0.1) is 25.2 Å². The Kier molecular flexibility index (Phi) is 9.58. The number of alkyl halides is 3. The number of ether oxygens (including phenoxy) is 7. The summed E-state index contributed by atoms with van der Waals surface area (Å²) >= 11 is 1.07. The first-order valence-corrected chi connectivity index (χ1v) is 17.8. The number of benzene rings is 2. The van der Waals surface area contributed by atoms with E-state index in [2.05, 4.69) is 11.0 Å². The summed E-state index contributed by atoms with van der Waals surface area (Å²) < 4.78 is 81.5. The molecule has 2 aromatic carbocycles. The first-order valence-electron chi connectivity index (χ1n) is 16.7. The molecule has 2 saturated heterocycles. The maximum absolute atomic E-state index is 13.5. The van der Waals surface area contributed by atoms with E-state index in [0.29, 0.717) is 46.1 Å². The maximum atomic E-state index is 13.5. The number of nitrogens with zero attached hydrogens (tertiary/aromatic N) is 3. The highest BCUT2D eigenvalue weighted by atomic mass is 32.2. The number of hydrogen-bond acceptors (Lipinski definition) is 14. The lowest BCUT2D eigenvalue weighted by Gasteiger charge is -2.61. The Labute approximate surface area is 306 Å². The van der Waals surface area contributed by atoms with Gasteiger partial charge in [-0.3, -0.25) is 19.4 Å². The average molecular weight is 763 g/mol. The van der Waals surface area contributed by atoms with Crippen molar-refractivity contribution in [2.75, 3.05) is 47.2 Å². The van der Waals surface area contributed by atoms with Crippen LogP contribution in [0.25, 0.3) is 0 Å². The quantitative estimate of drug-likeness (QED) is 0.259. The van der Waals surface area contributed by atoms with E-state index in [-0.39, 0.29) is 31.1 Å². The van der Waals surface area contributed by atoms with E-state index in [4.69, 9.17) is 33.2 Å². The van der Waals surface area contributed by atoms with Gasteiger partial charge in [-0.05, 0) is 38.4 Å². The average Bonchev–Trinajstić information content (AvgIpc) is 3.59. The number of fused-ring (bicyclic) bond motifs is 9. The minimum atomic E-state index is -5.26. The van der Waals surface area contributed by atoms with E-state index in [9.17, 15) is 32.8 Å². The molecule has 53 heavy (non-hydrogen) atoms. The minimum Gasteiger partial charge on any atom is -0.493 e. The maximum Gasteiger partial charge on any atom is 0.471 e. The van der Waals surface area contributed by atoms with Crippen LogP contribution in [0.5, 0.6) is 28.7 Å². The van der Waals surface area contributed by atoms with Gasteiger partial charge in [-0.15, -0.1) is 11.8 Å². The zero-order valence-electron chi connectivity index (χ0n) is 29.6. The van der Waals surface area contributed by atoms with Gasteiger partial charge >= 0.3 is 24.0 Å². The van der Waals surface area contributed by atoms with Crippen LogP contribution in [0.3, 0.4) is 0 Å². The van der Waals surface area contributed by atoms with Crippen molar-refractivity contribution < 1.29 is 60.7 Å². The van der Waals surface area contributed by atoms with Gasteiger partial charge in [0.05, 0.1) is 30.5 Å². The molecule has 0 spiro atoms. The number of amides is 1. The van der Waals surface area contributed by atoms with Crippen molar-refractivity contribution in [2.45, 2.75) is 74.9 Å². The number of thioether (sulfide) groups is 1. The van der Waals surface area contributed by atoms with Gasteiger partial charge in [0.15, 0.2) is 29.8 Å². The number of aryl methyl sites for hydroxylation is 1. The second-order valence-electron chi connectivity index (χ2n) is 13.4. The van der Waals surface area contributed by atoms with Crippen molar-refractivity contribution in [3.05, 3.63) is 39.4 Å². The van der Waals surface area contributed by atoms with Crippen molar-refractivity contribution in [3.63, 3.8) is 0 Å². The fraction of sp³-hybridized carbons (Fsp3) is 0.543. The van der Waals surface area contributed by atoms with E-state index < -0.39 is 66.1 Å². The molecule has 1 unspecified atom stereocenters. The summed E-state index contributed by atoms with van der Waals surface area (Å²) in [4.78, 5) is 42.4. The lowest BCUT2D eigenvalue weighted by atomic mass is 9.71. The molecule has 7 atom stereocenters. The van der Waals surface area contributed by atoms with E-state index in [1.54, 1.807) is 12.2 Å². The SMILES string of the molecule is COCOc1c(OC)c(C)cc2c1[C@@H]1C3[C@@H]4SC[C@H](NC(=O)C(F)(F)F)C(=O)OC[C@H](c5c6c(c(C)c(OC(C)=O)c54)OCO6)N3[C@@H](C#N)[C@@H](C2)N1C. The number of carbonyl (C=O) groups is 3. The third kappa shape index (κ3) is 5.88. The van der Waals surface area contributed by atoms with Crippen LogP contribution in [-0.2, 0) is 30.3 Å². The Hall–Kier alpha value is -4.44. The molecule has 14 nitrogen and oxygen atoms in total. The molecule has 1 N–H and O–H groups in total. The molecule has 5 heterocycles. The molecule has 0 saturated carbocycles. The number of nitrogens with one attached hydrogen (secondary N) is 1. The molecule has 284 valence electrons. The molecular weight excluding hydrogens is 725 g/mol. The second kappa shape index (κ2) is 13.8. The highest BCUT2D eigenvalue weighted by Crippen LogP contribution is 2.64. The zero-order chi connectivity index (χ0) is 38.1. The van der Waals surface area contributed by atoms with Crippen LogP contribution in [0.1, 0.15) is 57.6 Å². The highest BCUT2D eigenvalue weighted by molar-refractivity contribution is 7.99. The van der Waals surface area contributed by atoms with Crippen LogP contribution in [0.15, 0.2) is 6.07 Å². The first-order chi connectivity index (χ1) is 25.2. The lowest BCUT2D eigenvalue weighted by molar-refractivity contribution is -0.176. The summed E-state index contributed by atoms with van der Waals surface area (Å²) in [6.45, 7) is 4.12. The predicted octanol–water partition coefficient (Wildman–Crippen LogP) is 3.56. The minimum absolute atomic E-state index is 0.110. The van der Waals surface area contributed by atoms with E-state index in [1.807, 2.05) is 24.9 Å². The molecule has 0 radical (unpaired) electrons. The van der Waals surface area contributed by atoms with Crippen molar-refractivity contribution in [1.29, 1.82) is 5.26 Å². The number of cyclic esters (lactones) is 1. The Morgan fingerprint density at radius 2 is 1.83 bits per heavy atom. The van der Waals surface area contributed by atoms with Crippen molar-refractivity contribution >= 4 is 29.6 Å². The fourth-order valence-electron chi connectivity index (χ4n) is 8.55. The van der Waals surface area contributed by atoms with Gasteiger partial charge < -0.3 is 38.5 Å². The number of hydrogen-bond donors (Lipinski definition) is 1. The largest absolute Gasteiger partial charge is 0.493 e. The van der Waals surface area contributed by atoms with Crippen molar-refractivity contribution in [3.8, 4) is 34.8 Å². The number of piperazine rings is 1. The van der Waals surface area contributed by atoms with Crippen LogP contribution in [0.2, 0.25) is 0 Å². The Morgan fingerprint density at radius 3 is 2.49 bits per heavy atom. The normalized spacial score (nSPS) is 27.4. The lowest BCUT2D eigenvalue weighted by Crippen LogP contribution is -2.69. The molecule has 1 amide bonds. The molecular formula is C35H37F3N4O10S. The number of halogens is 3. The molecule has 0 aliphatic carbocycles. The standard InChI is InChI=1S/C35H37F3N4O10S/c1-14-7-17-8-19-20(9-39)42-21-10-48-33(44)18(40-34(45)35(36,37)38)11-53-32(24-23(21)31-29(50-13-51-31)15(2)28(24)52-16(3)43)26(42)25(41(19)4)22(17)30(27(14)47-6)49-12-46-5/h7,18-21,25-26,32H,8,10-13H2,1-6H3,(H,40,45)/t18-,19+,20-,21+,25+,26?,32+/m0/s1. The molecule has 2 fully saturated rings. The topological polar surface area (TPSA) is 158 Å². The molecule has 4 bridgehead atoms. The third-order valence-corrected chi connectivity index (χ3v) is 11.9. The van der Waals surface area contributed by atoms with Gasteiger partial charge in [0, 0.05) is 54.1 Å². The number of methoxy groups -OCH3 is 2. The molecule has 0 aromatic heterocycles. The van der Waals surface area contributed by atoms with E-state index in [1.165, 1.54) is 21.1 Å². The van der Waals surface area contributed by atoms with Gasteiger partial charge in [0.2, 0.25) is 6.79 Å². The number of rotatable bonds is 6. The fourth-order valence-corrected chi connectivity index (χ4v) is 10.1. The molecule has 5 aliphatic rings. The van der Waals surface area contributed by atoms with E-state index >= 15 is 0 Å². The highest BCUT2D eigenvalue weighted by Gasteiger charge is 2.61. The second-order valence-corrected chi connectivity index (χ2v) is 14.6. The van der Waals surface area contributed by atoms with Gasteiger partial charge in [0.25, 0.3) is 0 Å². The van der Waals surface area contributed by atoms with Gasteiger partial charge in [-0.25, -0.2) is 4.79 Å². The monoisotopic (exact) mass is 762 g/mol. The summed E-state index contributed by atoms with van der Waals surface area (Å²) in [5, 5.41) is 12.0. The van der Waals surface area contributed by atoms with Gasteiger partial charge in [-0.2, -0.15) is 18.4 Å². The summed E-state index contributed by atoms with van der Waals surface area (Å²) in [6, 6.07) is -0.591. The molecule has 2 aromatic rings. The Bertz CT molecular complexity index is 1920. The molecule has 5 aliphatic heterocycles. The Morgan fingerprint density at radius 1 is 1.09 bits per heavy atom. The smallest absolute Gasteiger partial charge is 0.471 e. The first kappa shape index (κ1) is 36.9. The van der Waals surface area contributed by atoms with E-state index in [0.717, 1.165) is 28.5 Å². The van der Waals surface area contributed by atoms with Crippen molar-refractivity contribution in [2.24, 2.45) is 0 Å².